The molecule has 0 aromatic heterocycles. The van der Waals surface area contributed by atoms with Gasteiger partial charge in [-0.05, 0) is 60.2 Å². The van der Waals surface area contributed by atoms with Gasteiger partial charge in [-0.3, -0.25) is 4.79 Å². The van der Waals surface area contributed by atoms with Gasteiger partial charge in [-0.2, -0.15) is 0 Å². The zero-order valence-electron chi connectivity index (χ0n) is 16.6. The molecule has 0 spiro atoms. The Morgan fingerprint density at radius 1 is 1.07 bits per heavy atom. The number of halogens is 1. The van der Waals surface area contributed by atoms with E-state index in [1.165, 1.54) is 35.6 Å². The van der Waals surface area contributed by atoms with Gasteiger partial charge in [-0.1, -0.05) is 24.3 Å². The van der Waals surface area contributed by atoms with Crippen LogP contribution in [0.3, 0.4) is 0 Å². The van der Waals surface area contributed by atoms with Gasteiger partial charge in [0.25, 0.3) is 5.91 Å². The van der Waals surface area contributed by atoms with Gasteiger partial charge >= 0.3 is 5.97 Å². The predicted molar refractivity (Wildman–Crippen MR) is 118 cm³/mol. The maximum Gasteiger partial charge on any atom is 0.344 e. The number of esters is 1. The van der Waals surface area contributed by atoms with Crippen molar-refractivity contribution in [1.29, 1.82) is 0 Å². The summed E-state index contributed by atoms with van der Waals surface area (Å²) in [5.74, 6) is 1.54. The highest BCUT2D eigenvalue weighted by Crippen LogP contribution is 2.43. The highest BCUT2D eigenvalue weighted by atomic mass is 32.2. The Morgan fingerprint density at radius 2 is 1.73 bits per heavy atom. The quantitative estimate of drug-likeness (QED) is 0.599. The van der Waals surface area contributed by atoms with E-state index < -0.39 is 18.5 Å². The maximum atomic E-state index is 13.0. The van der Waals surface area contributed by atoms with E-state index in [9.17, 15) is 14.0 Å². The summed E-state index contributed by atoms with van der Waals surface area (Å²) in [4.78, 5) is 23.8. The summed E-state index contributed by atoms with van der Waals surface area (Å²) in [5.41, 5.74) is 2.00. The Balaban J connectivity index is 1.37. The summed E-state index contributed by atoms with van der Waals surface area (Å²) < 4.78 is 23.8. The van der Waals surface area contributed by atoms with Crippen LogP contribution >= 0.6 is 23.5 Å². The van der Waals surface area contributed by atoms with E-state index >= 15 is 0 Å². The van der Waals surface area contributed by atoms with E-state index in [2.05, 4.69) is 5.32 Å². The molecule has 1 aliphatic rings. The molecule has 0 bridgehead atoms. The smallest absolute Gasteiger partial charge is 0.344 e. The fourth-order valence-electron chi connectivity index (χ4n) is 2.85. The standard InChI is InChI=1S/C22H24FNO4S2/c1-15(16-3-7-18(23)8-4-16)24-20(25)13-28-21(26)14-27-19-9-5-17(6-10-19)22-29-11-2-12-30-22/h3-10,15,22H,2,11-14H2,1H3,(H,24,25). The molecule has 1 atom stereocenters. The number of hydrogen-bond donors (Lipinski definition) is 1. The third kappa shape index (κ3) is 6.95. The van der Waals surface area contributed by atoms with Gasteiger partial charge in [0, 0.05) is 0 Å². The maximum absolute atomic E-state index is 13.0. The van der Waals surface area contributed by atoms with Crippen LogP contribution in [0.15, 0.2) is 48.5 Å². The zero-order valence-corrected chi connectivity index (χ0v) is 18.3. The third-order valence-corrected chi connectivity index (χ3v) is 7.46. The van der Waals surface area contributed by atoms with E-state index in [0.717, 1.165) is 5.56 Å². The zero-order chi connectivity index (χ0) is 21.3. The molecular formula is C22H24FNO4S2. The number of rotatable bonds is 8. The van der Waals surface area contributed by atoms with Crippen molar-refractivity contribution in [2.45, 2.75) is 24.0 Å². The normalized spacial score (nSPS) is 15.3. The van der Waals surface area contributed by atoms with Crippen molar-refractivity contribution in [2.75, 3.05) is 24.7 Å². The monoisotopic (exact) mass is 449 g/mol. The number of thioether (sulfide) groups is 2. The molecule has 1 amide bonds. The number of amides is 1. The van der Waals surface area contributed by atoms with Crippen LogP contribution in [0.1, 0.15) is 35.1 Å². The van der Waals surface area contributed by atoms with Crippen molar-refractivity contribution in [3.05, 3.63) is 65.5 Å². The van der Waals surface area contributed by atoms with Gasteiger partial charge < -0.3 is 14.8 Å². The predicted octanol–water partition coefficient (Wildman–Crippen LogP) is 4.49. The van der Waals surface area contributed by atoms with Crippen LogP contribution in [0.5, 0.6) is 5.75 Å². The van der Waals surface area contributed by atoms with Crippen LogP contribution in [-0.2, 0) is 14.3 Å². The van der Waals surface area contributed by atoms with E-state index in [1.807, 2.05) is 47.8 Å². The molecular weight excluding hydrogens is 425 g/mol. The summed E-state index contributed by atoms with van der Waals surface area (Å²) in [6, 6.07) is 13.2. The Kier molecular flexibility index (Phi) is 8.45. The topological polar surface area (TPSA) is 64.6 Å². The molecule has 2 aromatic rings. The lowest BCUT2D eigenvalue weighted by atomic mass is 10.1. The van der Waals surface area contributed by atoms with Gasteiger partial charge in [0.1, 0.15) is 11.6 Å². The first-order chi connectivity index (χ1) is 14.5. The summed E-state index contributed by atoms with van der Waals surface area (Å²) in [6.45, 7) is 1.10. The van der Waals surface area contributed by atoms with Crippen molar-refractivity contribution in [1.82, 2.24) is 5.32 Å². The molecule has 0 radical (unpaired) electrons. The number of carbonyl (C=O) groups is 2. The average Bonchev–Trinajstić information content (AvgIpc) is 2.77. The Morgan fingerprint density at radius 3 is 2.40 bits per heavy atom. The molecule has 2 aromatic carbocycles. The molecule has 1 aliphatic heterocycles. The van der Waals surface area contributed by atoms with Gasteiger partial charge in [0.05, 0.1) is 10.6 Å². The van der Waals surface area contributed by atoms with Crippen molar-refractivity contribution < 1.29 is 23.5 Å². The Labute approximate surface area is 184 Å². The van der Waals surface area contributed by atoms with Crippen LogP contribution in [0.2, 0.25) is 0 Å². The van der Waals surface area contributed by atoms with Gasteiger partial charge in [0.15, 0.2) is 13.2 Å². The minimum atomic E-state index is -0.623. The first kappa shape index (κ1) is 22.5. The van der Waals surface area contributed by atoms with Crippen LogP contribution in [-0.4, -0.2) is 36.6 Å². The van der Waals surface area contributed by atoms with Crippen molar-refractivity contribution in [3.8, 4) is 5.75 Å². The van der Waals surface area contributed by atoms with Gasteiger partial charge in [-0.15, -0.1) is 23.5 Å². The molecule has 0 saturated carbocycles. The second-order valence-electron chi connectivity index (χ2n) is 6.79. The molecule has 5 nitrogen and oxygen atoms in total. The first-order valence-corrected chi connectivity index (χ1v) is 11.8. The van der Waals surface area contributed by atoms with Gasteiger partial charge in [-0.25, -0.2) is 9.18 Å². The molecule has 30 heavy (non-hydrogen) atoms. The lowest BCUT2D eigenvalue weighted by molar-refractivity contribution is -0.150. The number of ether oxygens (including phenoxy) is 2. The average molecular weight is 450 g/mol. The first-order valence-electron chi connectivity index (χ1n) is 9.67. The van der Waals surface area contributed by atoms with E-state index in [-0.39, 0.29) is 18.5 Å². The van der Waals surface area contributed by atoms with Crippen molar-refractivity contribution in [3.63, 3.8) is 0 Å². The molecule has 0 aliphatic carbocycles. The van der Waals surface area contributed by atoms with Crippen LogP contribution in [0, 0.1) is 5.82 Å². The number of hydrogen-bond acceptors (Lipinski definition) is 6. The fraction of sp³-hybridized carbons (Fsp3) is 0.364. The second kappa shape index (κ2) is 11.3. The summed E-state index contributed by atoms with van der Waals surface area (Å²) in [5, 5.41) is 2.70. The number of nitrogens with one attached hydrogen (secondary N) is 1. The Bertz CT molecular complexity index is 839. The number of carbonyl (C=O) groups excluding carboxylic acids is 2. The van der Waals surface area contributed by atoms with E-state index in [4.69, 9.17) is 9.47 Å². The van der Waals surface area contributed by atoms with Crippen LogP contribution < -0.4 is 10.1 Å². The van der Waals surface area contributed by atoms with Crippen molar-refractivity contribution >= 4 is 35.4 Å². The molecule has 1 unspecified atom stereocenters. The third-order valence-electron chi connectivity index (χ3n) is 4.45. The molecule has 8 heteroatoms. The van der Waals surface area contributed by atoms with E-state index in [1.54, 1.807) is 19.1 Å². The number of benzene rings is 2. The molecule has 1 heterocycles. The summed E-state index contributed by atoms with van der Waals surface area (Å²) in [6.07, 6.45) is 1.25. The highest BCUT2D eigenvalue weighted by molar-refractivity contribution is 8.16. The minimum absolute atomic E-state index is 0.271. The molecule has 160 valence electrons. The van der Waals surface area contributed by atoms with Gasteiger partial charge in [0.2, 0.25) is 0 Å². The van der Waals surface area contributed by atoms with Crippen molar-refractivity contribution in [2.24, 2.45) is 0 Å². The Hall–Kier alpha value is -2.19. The lowest BCUT2D eigenvalue weighted by Gasteiger charge is -2.21. The fourth-order valence-corrected chi connectivity index (χ4v) is 5.74. The van der Waals surface area contributed by atoms with E-state index in [0.29, 0.717) is 10.3 Å². The molecule has 1 N–H and O–H groups in total. The molecule has 1 saturated heterocycles. The lowest BCUT2D eigenvalue weighted by Crippen LogP contribution is -2.31. The molecule has 3 rings (SSSR count). The molecule has 1 fully saturated rings. The van der Waals surface area contributed by atoms with Crippen LogP contribution in [0.4, 0.5) is 4.39 Å². The second-order valence-corrected chi connectivity index (χ2v) is 9.51. The highest BCUT2D eigenvalue weighted by Gasteiger charge is 2.17. The summed E-state index contributed by atoms with van der Waals surface area (Å²) >= 11 is 3.89. The van der Waals surface area contributed by atoms with Crippen LogP contribution in [0.25, 0.3) is 0 Å². The largest absolute Gasteiger partial charge is 0.482 e. The SMILES string of the molecule is CC(NC(=O)COC(=O)COc1ccc(C2SCCCS2)cc1)c1ccc(F)cc1. The minimum Gasteiger partial charge on any atom is -0.482 e. The summed E-state index contributed by atoms with van der Waals surface area (Å²) in [7, 11) is 0.